The van der Waals surface area contributed by atoms with Crippen LogP contribution >= 0.6 is 11.8 Å². The van der Waals surface area contributed by atoms with Crippen LogP contribution in [0, 0.1) is 5.92 Å². The van der Waals surface area contributed by atoms with Gasteiger partial charge in [-0.25, -0.2) is 4.79 Å². The third-order valence-corrected chi connectivity index (χ3v) is 5.53. The van der Waals surface area contributed by atoms with Crippen LogP contribution in [0.3, 0.4) is 0 Å². The van der Waals surface area contributed by atoms with Gasteiger partial charge in [-0.15, -0.1) is 0 Å². The second-order valence-electron chi connectivity index (χ2n) is 5.53. The van der Waals surface area contributed by atoms with Gasteiger partial charge in [0.25, 0.3) is 0 Å². The number of carbonyl (C=O) groups is 2. The van der Waals surface area contributed by atoms with Gasteiger partial charge in [0, 0.05) is 24.3 Å². The van der Waals surface area contributed by atoms with Crippen LogP contribution in [0.4, 0.5) is 4.79 Å². The quantitative estimate of drug-likeness (QED) is 0.643. The van der Waals surface area contributed by atoms with Crippen LogP contribution in [0.2, 0.25) is 0 Å². The van der Waals surface area contributed by atoms with Crippen molar-refractivity contribution in [2.75, 3.05) is 19.3 Å². The molecule has 0 heterocycles. The Hall–Kier alpha value is -0.910. The van der Waals surface area contributed by atoms with E-state index in [9.17, 15) is 9.59 Å². The van der Waals surface area contributed by atoms with Crippen molar-refractivity contribution in [3.05, 3.63) is 0 Å². The fourth-order valence-electron chi connectivity index (χ4n) is 2.62. The van der Waals surface area contributed by atoms with Crippen LogP contribution in [0.15, 0.2) is 0 Å². The molecule has 1 aliphatic carbocycles. The lowest BCUT2D eigenvalue weighted by atomic mass is 10.0. The van der Waals surface area contributed by atoms with Crippen LogP contribution in [-0.4, -0.2) is 41.2 Å². The molecule has 3 N–H and O–H groups in total. The predicted molar refractivity (Wildman–Crippen MR) is 82.1 cm³/mol. The summed E-state index contributed by atoms with van der Waals surface area (Å²) in [6, 6.07) is -0.186. The maximum atomic E-state index is 11.8. The number of nitrogens with one attached hydrogen (secondary N) is 2. The molecule has 0 saturated heterocycles. The lowest BCUT2D eigenvalue weighted by molar-refractivity contribution is -0.138. The highest BCUT2D eigenvalue weighted by Gasteiger charge is 2.33. The first kappa shape index (κ1) is 17.1. The topological polar surface area (TPSA) is 78.4 Å². The van der Waals surface area contributed by atoms with Crippen molar-refractivity contribution in [1.29, 1.82) is 0 Å². The zero-order valence-corrected chi connectivity index (χ0v) is 13.2. The van der Waals surface area contributed by atoms with E-state index >= 15 is 0 Å². The summed E-state index contributed by atoms with van der Waals surface area (Å²) in [7, 11) is 0. The Morgan fingerprint density at radius 2 is 1.95 bits per heavy atom. The van der Waals surface area contributed by atoms with Gasteiger partial charge < -0.3 is 15.7 Å². The highest BCUT2D eigenvalue weighted by Crippen LogP contribution is 2.39. The second kappa shape index (κ2) is 8.39. The molecule has 1 aliphatic rings. The van der Waals surface area contributed by atoms with Crippen molar-refractivity contribution in [2.24, 2.45) is 5.92 Å². The van der Waals surface area contributed by atoms with Gasteiger partial charge in [-0.2, -0.15) is 11.8 Å². The summed E-state index contributed by atoms with van der Waals surface area (Å²) in [5, 5.41) is 14.5. The van der Waals surface area contributed by atoms with Crippen LogP contribution in [0.5, 0.6) is 0 Å². The molecule has 5 nitrogen and oxygen atoms in total. The van der Waals surface area contributed by atoms with Crippen LogP contribution in [0.1, 0.15) is 45.4 Å². The summed E-state index contributed by atoms with van der Waals surface area (Å²) < 4.78 is 0.197. The van der Waals surface area contributed by atoms with Crippen molar-refractivity contribution in [3.8, 4) is 0 Å². The lowest BCUT2D eigenvalue weighted by Crippen LogP contribution is -2.44. The molecule has 0 bridgehead atoms. The molecule has 1 saturated carbocycles. The predicted octanol–water partition coefficient (Wildman–Crippen LogP) is 2.46. The highest BCUT2D eigenvalue weighted by atomic mass is 32.2. The minimum atomic E-state index is -0.814. The highest BCUT2D eigenvalue weighted by molar-refractivity contribution is 8.00. The van der Waals surface area contributed by atoms with Gasteiger partial charge in [0.1, 0.15) is 0 Å². The van der Waals surface area contributed by atoms with Gasteiger partial charge in [-0.3, -0.25) is 4.79 Å². The number of hydrogen-bond donors (Lipinski definition) is 3. The summed E-state index contributed by atoms with van der Waals surface area (Å²) in [6.07, 6.45) is 7.75. The summed E-state index contributed by atoms with van der Waals surface area (Å²) >= 11 is 1.84. The second-order valence-corrected chi connectivity index (χ2v) is 6.80. The number of carboxylic acid groups (broad SMARTS) is 1. The largest absolute Gasteiger partial charge is 0.481 e. The van der Waals surface area contributed by atoms with E-state index in [1.165, 1.54) is 12.8 Å². The monoisotopic (exact) mass is 302 g/mol. The number of urea groups is 1. The Morgan fingerprint density at radius 3 is 2.45 bits per heavy atom. The summed E-state index contributed by atoms with van der Waals surface area (Å²) in [5.74, 6) is -0.814. The van der Waals surface area contributed by atoms with Crippen molar-refractivity contribution in [2.45, 2.75) is 50.2 Å². The Bertz CT molecular complexity index is 330. The fourth-order valence-corrected chi connectivity index (χ4v) is 3.53. The van der Waals surface area contributed by atoms with Crippen LogP contribution in [0.25, 0.3) is 0 Å². The molecule has 116 valence electrons. The van der Waals surface area contributed by atoms with E-state index in [4.69, 9.17) is 5.11 Å². The number of aliphatic carboxylic acids is 1. The van der Waals surface area contributed by atoms with Crippen LogP contribution in [-0.2, 0) is 4.79 Å². The summed E-state index contributed by atoms with van der Waals surface area (Å²) in [4.78, 5) is 22.4. The first-order valence-corrected chi connectivity index (χ1v) is 8.52. The number of thioether (sulfide) groups is 1. The standard InChI is InChI=1S/C14H26N2O3S/c1-3-11(8-12(17)18)9-15-13(19)16-10-14(20-2)6-4-5-7-14/h11H,3-10H2,1-2H3,(H,17,18)(H2,15,16,19). The van der Waals surface area contributed by atoms with E-state index in [-0.39, 0.29) is 23.1 Å². The molecule has 20 heavy (non-hydrogen) atoms. The molecule has 0 radical (unpaired) electrons. The minimum absolute atomic E-state index is 0.000703. The van der Waals surface area contributed by atoms with Gasteiger partial charge in [0.2, 0.25) is 0 Å². The molecule has 0 aromatic carbocycles. The molecule has 2 amide bonds. The third kappa shape index (κ3) is 5.61. The molecule has 6 heteroatoms. The molecule has 0 aromatic rings. The zero-order chi connectivity index (χ0) is 15.0. The number of carboxylic acids is 1. The van der Waals surface area contributed by atoms with E-state index in [1.807, 2.05) is 18.7 Å². The van der Waals surface area contributed by atoms with E-state index in [2.05, 4.69) is 16.9 Å². The van der Waals surface area contributed by atoms with E-state index in [1.54, 1.807) is 0 Å². The lowest BCUT2D eigenvalue weighted by Gasteiger charge is -2.27. The number of carbonyl (C=O) groups excluding carboxylic acids is 1. The first-order chi connectivity index (χ1) is 9.51. The third-order valence-electron chi connectivity index (χ3n) is 4.11. The Labute approximate surface area is 125 Å². The van der Waals surface area contributed by atoms with Gasteiger partial charge in [-0.05, 0) is 25.0 Å². The Balaban J connectivity index is 2.27. The number of hydrogen-bond acceptors (Lipinski definition) is 3. The van der Waals surface area contributed by atoms with E-state index < -0.39 is 5.97 Å². The van der Waals surface area contributed by atoms with Crippen molar-refractivity contribution in [3.63, 3.8) is 0 Å². The SMILES string of the molecule is CCC(CNC(=O)NCC1(SC)CCCC1)CC(=O)O. The average Bonchev–Trinajstić information content (AvgIpc) is 2.90. The summed E-state index contributed by atoms with van der Waals surface area (Å²) in [5.41, 5.74) is 0. The van der Waals surface area contributed by atoms with Gasteiger partial charge >= 0.3 is 12.0 Å². The molecule has 1 unspecified atom stereocenters. The molecule has 0 aliphatic heterocycles. The smallest absolute Gasteiger partial charge is 0.314 e. The first-order valence-electron chi connectivity index (χ1n) is 7.30. The molecular weight excluding hydrogens is 276 g/mol. The van der Waals surface area contributed by atoms with Crippen LogP contribution < -0.4 is 10.6 Å². The van der Waals surface area contributed by atoms with Gasteiger partial charge in [0.05, 0.1) is 0 Å². The Kier molecular flexibility index (Phi) is 7.19. The van der Waals surface area contributed by atoms with Crippen molar-refractivity contribution in [1.82, 2.24) is 10.6 Å². The van der Waals surface area contributed by atoms with E-state index in [0.717, 1.165) is 19.3 Å². The maximum absolute atomic E-state index is 11.8. The van der Waals surface area contributed by atoms with Gasteiger partial charge in [0.15, 0.2) is 0 Å². The van der Waals surface area contributed by atoms with E-state index in [0.29, 0.717) is 13.1 Å². The fraction of sp³-hybridized carbons (Fsp3) is 0.857. The number of amides is 2. The molecule has 0 aromatic heterocycles. The molecule has 0 spiro atoms. The summed E-state index contributed by atoms with van der Waals surface area (Å²) in [6.45, 7) is 3.05. The number of rotatable bonds is 8. The van der Waals surface area contributed by atoms with Crippen molar-refractivity contribution < 1.29 is 14.7 Å². The molecular formula is C14H26N2O3S. The van der Waals surface area contributed by atoms with Crippen molar-refractivity contribution >= 4 is 23.8 Å². The molecule has 1 rings (SSSR count). The zero-order valence-electron chi connectivity index (χ0n) is 12.4. The minimum Gasteiger partial charge on any atom is -0.481 e. The van der Waals surface area contributed by atoms with Gasteiger partial charge in [-0.1, -0.05) is 26.2 Å². The Morgan fingerprint density at radius 1 is 1.30 bits per heavy atom. The molecule has 1 atom stereocenters. The average molecular weight is 302 g/mol. The maximum Gasteiger partial charge on any atom is 0.314 e. The normalized spacial score (nSPS) is 18.5. The molecule has 1 fully saturated rings.